The minimum absolute atomic E-state index is 0. The molecule has 6 nitrogen and oxygen atoms in total. The lowest BCUT2D eigenvalue weighted by molar-refractivity contribution is 0.0514. The van der Waals surface area contributed by atoms with Gasteiger partial charge in [-0.25, -0.2) is 4.98 Å². The first-order valence-corrected chi connectivity index (χ1v) is 10.1. The van der Waals surface area contributed by atoms with Crippen molar-refractivity contribution < 1.29 is 9.15 Å². The number of benzene rings is 1. The summed E-state index contributed by atoms with van der Waals surface area (Å²) in [6.07, 6.45) is 1.74. The van der Waals surface area contributed by atoms with E-state index in [-0.39, 0.29) is 29.4 Å². The maximum absolute atomic E-state index is 6.54. The molecule has 0 saturated carbocycles. The smallest absolute Gasteiger partial charge is 0.214 e. The van der Waals surface area contributed by atoms with Gasteiger partial charge >= 0.3 is 0 Å². The van der Waals surface area contributed by atoms with Gasteiger partial charge in [0.2, 0.25) is 5.89 Å². The predicted octanol–water partition coefficient (Wildman–Crippen LogP) is 4.63. The molecule has 2 N–H and O–H groups in total. The number of guanidine groups is 1. The van der Waals surface area contributed by atoms with Gasteiger partial charge in [0, 0.05) is 42.3 Å². The summed E-state index contributed by atoms with van der Waals surface area (Å²) < 4.78 is 11.2. The van der Waals surface area contributed by atoms with Gasteiger partial charge in [0.05, 0.1) is 12.2 Å². The standard InChI is InChI=1S/C20H26Cl2N4O2.HI/c1-13-14(2)28-18(26-13)11-24-19(23-3)25-12-20(6-8-27-9-7-20)16-5-4-15(21)10-17(16)22;/h4-5,10H,6-9,11-12H2,1-3H3,(H2,23,24,25);1H. The minimum Gasteiger partial charge on any atom is -0.444 e. The van der Waals surface area contributed by atoms with Crippen LogP contribution >= 0.6 is 47.2 Å². The molecule has 0 unspecified atom stereocenters. The predicted molar refractivity (Wildman–Crippen MR) is 128 cm³/mol. The molecule has 0 amide bonds. The molecular formula is C20H27Cl2IN4O2. The fourth-order valence-corrected chi connectivity index (χ4v) is 4.08. The number of oxazole rings is 1. The van der Waals surface area contributed by atoms with E-state index in [1.165, 1.54) is 0 Å². The fraction of sp³-hybridized carbons (Fsp3) is 0.500. The molecule has 3 rings (SSSR count). The van der Waals surface area contributed by atoms with Gasteiger partial charge < -0.3 is 19.8 Å². The lowest BCUT2D eigenvalue weighted by Gasteiger charge is -2.38. The number of aryl methyl sites for hydroxylation is 2. The van der Waals surface area contributed by atoms with Crippen molar-refractivity contribution in [1.29, 1.82) is 0 Å². The van der Waals surface area contributed by atoms with E-state index >= 15 is 0 Å². The highest BCUT2D eigenvalue weighted by Crippen LogP contribution is 2.39. The van der Waals surface area contributed by atoms with Crippen molar-refractivity contribution in [2.45, 2.75) is 38.6 Å². The van der Waals surface area contributed by atoms with Crippen LogP contribution in [-0.4, -0.2) is 37.7 Å². The van der Waals surface area contributed by atoms with Crippen molar-refractivity contribution >= 4 is 53.1 Å². The highest BCUT2D eigenvalue weighted by Gasteiger charge is 2.36. The molecule has 0 radical (unpaired) electrons. The number of aromatic nitrogens is 1. The van der Waals surface area contributed by atoms with E-state index in [1.807, 2.05) is 26.0 Å². The first kappa shape index (κ1) is 24.2. The molecule has 1 aliphatic heterocycles. The van der Waals surface area contributed by atoms with Crippen LogP contribution in [0, 0.1) is 13.8 Å². The van der Waals surface area contributed by atoms with Crippen LogP contribution in [0.25, 0.3) is 0 Å². The molecule has 0 aliphatic carbocycles. The van der Waals surface area contributed by atoms with Crippen LogP contribution in [0.5, 0.6) is 0 Å². The summed E-state index contributed by atoms with van der Waals surface area (Å²) in [5, 5.41) is 8.01. The normalized spacial score (nSPS) is 16.2. The Hall–Kier alpha value is -1.03. The summed E-state index contributed by atoms with van der Waals surface area (Å²) >= 11 is 12.6. The molecule has 1 aromatic carbocycles. The maximum atomic E-state index is 6.54. The maximum Gasteiger partial charge on any atom is 0.214 e. The molecule has 29 heavy (non-hydrogen) atoms. The molecular weight excluding hydrogens is 526 g/mol. The average Bonchev–Trinajstić information content (AvgIpc) is 3.00. The van der Waals surface area contributed by atoms with Crippen molar-refractivity contribution in [3.63, 3.8) is 0 Å². The molecule has 160 valence electrons. The summed E-state index contributed by atoms with van der Waals surface area (Å²) in [4.78, 5) is 8.71. The van der Waals surface area contributed by atoms with Crippen molar-refractivity contribution in [3.05, 3.63) is 51.2 Å². The molecule has 0 atom stereocenters. The van der Waals surface area contributed by atoms with Crippen LogP contribution in [0.3, 0.4) is 0 Å². The van der Waals surface area contributed by atoms with Crippen molar-refractivity contribution in [2.24, 2.45) is 4.99 Å². The second-order valence-electron chi connectivity index (χ2n) is 7.05. The molecule has 2 aromatic rings. The molecule has 1 aromatic heterocycles. The number of nitrogens with one attached hydrogen (secondary N) is 2. The second kappa shape index (κ2) is 10.8. The Kier molecular flexibility index (Phi) is 9.06. The summed E-state index contributed by atoms with van der Waals surface area (Å²) in [6, 6.07) is 5.71. The van der Waals surface area contributed by atoms with Gasteiger partial charge in [0.25, 0.3) is 0 Å². The van der Waals surface area contributed by atoms with Crippen LogP contribution in [0.4, 0.5) is 0 Å². The van der Waals surface area contributed by atoms with Crippen molar-refractivity contribution in [2.75, 3.05) is 26.8 Å². The van der Waals surface area contributed by atoms with E-state index < -0.39 is 0 Å². The van der Waals surface area contributed by atoms with Crippen molar-refractivity contribution in [1.82, 2.24) is 15.6 Å². The monoisotopic (exact) mass is 552 g/mol. The SMILES string of the molecule is CN=C(NCc1nc(C)c(C)o1)NCC1(c2ccc(Cl)cc2Cl)CCOCC1.I. The third-order valence-electron chi connectivity index (χ3n) is 5.25. The molecule has 9 heteroatoms. The zero-order valence-electron chi connectivity index (χ0n) is 16.8. The zero-order chi connectivity index (χ0) is 20.1. The summed E-state index contributed by atoms with van der Waals surface area (Å²) in [5.41, 5.74) is 1.84. The van der Waals surface area contributed by atoms with E-state index in [1.54, 1.807) is 13.1 Å². The summed E-state index contributed by atoms with van der Waals surface area (Å²) in [5.74, 6) is 2.15. The van der Waals surface area contributed by atoms with Crippen LogP contribution in [-0.2, 0) is 16.7 Å². The topological polar surface area (TPSA) is 71.7 Å². The number of hydrogen-bond donors (Lipinski definition) is 2. The Balaban J connectivity index is 0.00000300. The summed E-state index contributed by atoms with van der Waals surface area (Å²) in [7, 11) is 1.74. The Morgan fingerprint density at radius 1 is 1.21 bits per heavy atom. The van der Waals surface area contributed by atoms with Crippen LogP contribution < -0.4 is 10.6 Å². The van der Waals surface area contributed by atoms with E-state index in [9.17, 15) is 0 Å². The lowest BCUT2D eigenvalue weighted by Crippen LogP contribution is -2.48. The van der Waals surface area contributed by atoms with Gasteiger partial charge in [-0.1, -0.05) is 29.3 Å². The van der Waals surface area contributed by atoms with Crippen LogP contribution in [0.1, 0.15) is 35.7 Å². The molecule has 1 aliphatic rings. The van der Waals surface area contributed by atoms with E-state index in [4.69, 9.17) is 32.4 Å². The van der Waals surface area contributed by atoms with Crippen LogP contribution in [0.15, 0.2) is 27.6 Å². The molecule has 0 spiro atoms. The number of halogens is 3. The second-order valence-corrected chi connectivity index (χ2v) is 7.89. The lowest BCUT2D eigenvalue weighted by atomic mass is 9.74. The highest BCUT2D eigenvalue weighted by atomic mass is 127. The van der Waals surface area contributed by atoms with E-state index in [0.29, 0.717) is 48.2 Å². The number of ether oxygens (including phenoxy) is 1. The Labute approximate surface area is 198 Å². The number of nitrogens with zero attached hydrogens (tertiary/aromatic N) is 2. The molecule has 2 heterocycles. The van der Waals surface area contributed by atoms with Gasteiger partial charge in [-0.3, -0.25) is 4.99 Å². The number of aliphatic imine (C=N–C) groups is 1. The first-order chi connectivity index (χ1) is 13.4. The quantitative estimate of drug-likeness (QED) is 0.321. The molecule has 1 fully saturated rings. The molecule has 1 saturated heterocycles. The number of hydrogen-bond acceptors (Lipinski definition) is 4. The van der Waals surface area contributed by atoms with Gasteiger partial charge in [0.1, 0.15) is 5.76 Å². The number of rotatable bonds is 5. The molecule has 0 bridgehead atoms. The van der Waals surface area contributed by atoms with Crippen LogP contribution in [0.2, 0.25) is 10.0 Å². The zero-order valence-corrected chi connectivity index (χ0v) is 20.7. The fourth-order valence-electron chi connectivity index (χ4n) is 3.47. The minimum atomic E-state index is -0.145. The Morgan fingerprint density at radius 3 is 2.52 bits per heavy atom. The third kappa shape index (κ3) is 5.99. The third-order valence-corrected chi connectivity index (χ3v) is 5.80. The van der Waals surface area contributed by atoms with Gasteiger partial charge in [-0.2, -0.15) is 0 Å². The first-order valence-electron chi connectivity index (χ1n) is 9.34. The van der Waals surface area contributed by atoms with Gasteiger partial charge in [0.15, 0.2) is 5.96 Å². The van der Waals surface area contributed by atoms with E-state index in [0.717, 1.165) is 29.9 Å². The highest BCUT2D eigenvalue weighted by molar-refractivity contribution is 14.0. The average molecular weight is 553 g/mol. The van der Waals surface area contributed by atoms with E-state index in [2.05, 4.69) is 20.6 Å². The Bertz CT molecular complexity index is 832. The largest absolute Gasteiger partial charge is 0.444 e. The van der Waals surface area contributed by atoms with Gasteiger partial charge in [-0.15, -0.1) is 24.0 Å². The van der Waals surface area contributed by atoms with Gasteiger partial charge in [-0.05, 0) is 44.4 Å². The van der Waals surface area contributed by atoms with Crippen molar-refractivity contribution in [3.8, 4) is 0 Å². The Morgan fingerprint density at radius 2 is 1.93 bits per heavy atom. The summed E-state index contributed by atoms with van der Waals surface area (Å²) in [6.45, 7) is 6.38.